The van der Waals surface area contributed by atoms with E-state index < -0.39 is 10.2 Å². The number of halogens is 2. The molecule has 0 aliphatic rings. The maximum absolute atomic E-state index is 12.1. The molecular formula is C11H16Br2N2O4S. The number of nitrogens with zero attached hydrogens (tertiary/aromatic N) is 1. The normalized spacial score (nSPS) is 11.7. The van der Waals surface area contributed by atoms with Gasteiger partial charge in [-0.2, -0.15) is 12.7 Å². The van der Waals surface area contributed by atoms with E-state index in [9.17, 15) is 8.42 Å². The molecule has 0 fully saturated rings. The van der Waals surface area contributed by atoms with Crippen LogP contribution in [0.4, 0.5) is 5.69 Å². The molecule has 0 radical (unpaired) electrons. The molecule has 0 aliphatic heterocycles. The Labute approximate surface area is 135 Å². The van der Waals surface area contributed by atoms with Crippen LogP contribution in [0, 0.1) is 0 Å². The van der Waals surface area contributed by atoms with Crippen molar-refractivity contribution in [3.8, 4) is 5.75 Å². The first-order chi connectivity index (χ1) is 9.31. The number of anilines is 1. The fourth-order valence-electron chi connectivity index (χ4n) is 1.39. The zero-order valence-electron chi connectivity index (χ0n) is 11.1. The van der Waals surface area contributed by atoms with E-state index in [1.807, 2.05) is 0 Å². The molecule has 0 heterocycles. The van der Waals surface area contributed by atoms with Gasteiger partial charge in [-0.15, -0.1) is 0 Å². The minimum Gasteiger partial charge on any atom is -0.495 e. The summed E-state index contributed by atoms with van der Waals surface area (Å²) in [6, 6.07) is 3.27. The Hall–Kier alpha value is -0.350. The highest BCUT2D eigenvalue weighted by Gasteiger charge is 2.19. The molecule has 0 unspecified atom stereocenters. The lowest BCUT2D eigenvalue weighted by molar-refractivity contribution is 0.276. The Morgan fingerprint density at radius 2 is 2.00 bits per heavy atom. The third-order valence-electron chi connectivity index (χ3n) is 2.52. The lowest BCUT2D eigenvalue weighted by atomic mass is 10.3. The molecule has 2 N–H and O–H groups in total. The van der Waals surface area contributed by atoms with Gasteiger partial charge in [-0.3, -0.25) is 4.72 Å². The predicted octanol–water partition coefficient (Wildman–Crippen LogP) is 2.19. The molecule has 1 aromatic rings. The molecule has 1 aromatic carbocycles. The number of rotatable bonds is 7. The fraction of sp³-hybridized carbons (Fsp3) is 0.455. The second kappa shape index (κ2) is 7.60. The third-order valence-corrected chi connectivity index (χ3v) is 5.28. The number of aliphatic hydroxyl groups is 1. The number of ether oxygens (including phenoxy) is 1. The first kappa shape index (κ1) is 17.7. The van der Waals surface area contributed by atoms with Gasteiger partial charge in [0.15, 0.2) is 0 Å². The van der Waals surface area contributed by atoms with Crippen LogP contribution in [0.25, 0.3) is 0 Å². The van der Waals surface area contributed by atoms with Gasteiger partial charge in [0.25, 0.3) is 0 Å². The molecule has 0 aromatic heterocycles. The van der Waals surface area contributed by atoms with Crippen molar-refractivity contribution in [2.75, 3.05) is 32.0 Å². The summed E-state index contributed by atoms with van der Waals surface area (Å²) in [6.45, 7) is 0.173. The summed E-state index contributed by atoms with van der Waals surface area (Å²) < 4.78 is 34.2. The van der Waals surface area contributed by atoms with E-state index in [1.54, 1.807) is 12.1 Å². The number of aliphatic hydroxyl groups excluding tert-OH is 1. The van der Waals surface area contributed by atoms with Gasteiger partial charge in [-0.25, -0.2) is 0 Å². The molecule has 0 amide bonds. The average Bonchev–Trinajstić information content (AvgIpc) is 2.38. The summed E-state index contributed by atoms with van der Waals surface area (Å²) in [5.41, 5.74) is 0.376. The first-order valence-electron chi connectivity index (χ1n) is 5.69. The third kappa shape index (κ3) is 4.59. The van der Waals surface area contributed by atoms with Crippen molar-refractivity contribution >= 4 is 47.8 Å². The van der Waals surface area contributed by atoms with Crippen LogP contribution in [0.5, 0.6) is 5.75 Å². The first-order valence-corrected chi connectivity index (χ1v) is 8.72. The van der Waals surface area contributed by atoms with Gasteiger partial charge >= 0.3 is 10.2 Å². The number of nitrogens with one attached hydrogen (secondary N) is 1. The van der Waals surface area contributed by atoms with Crippen molar-refractivity contribution < 1.29 is 18.3 Å². The molecule has 0 saturated heterocycles. The van der Waals surface area contributed by atoms with E-state index in [1.165, 1.54) is 14.2 Å². The largest absolute Gasteiger partial charge is 0.495 e. The number of hydrogen-bond donors (Lipinski definition) is 2. The standard InChI is InChI=1S/C11H16Br2N2O4S/c1-15(4-3-5-16)20(17,18)14-10-7-11(19-2)9(13)6-8(10)12/h6-7,14,16H,3-5H2,1-2H3. The van der Waals surface area contributed by atoms with Crippen LogP contribution >= 0.6 is 31.9 Å². The Bertz CT molecular complexity index is 566. The summed E-state index contributed by atoms with van der Waals surface area (Å²) in [5, 5.41) is 8.74. The highest BCUT2D eigenvalue weighted by molar-refractivity contribution is 9.11. The Morgan fingerprint density at radius 3 is 2.55 bits per heavy atom. The monoisotopic (exact) mass is 430 g/mol. The summed E-state index contributed by atoms with van der Waals surface area (Å²) in [4.78, 5) is 0. The average molecular weight is 432 g/mol. The van der Waals surface area contributed by atoms with Gasteiger partial charge in [-0.1, -0.05) is 0 Å². The highest BCUT2D eigenvalue weighted by atomic mass is 79.9. The molecule has 0 atom stereocenters. The second-order valence-corrected chi connectivity index (χ2v) is 7.46. The summed E-state index contributed by atoms with van der Waals surface area (Å²) in [7, 11) is -0.728. The van der Waals surface area contributed by atoms with Gasteiger partial charge < -0.3 is 9.84 Å². The molecule has 1 rings (SSSR count). The lowest BCUT2D eigenvalue weighted by Crippen LogP contribution is -2.33. The Balaban J connectivity index is 2.97. The summed E-state index contributed by atoms with van der Waals surface area (Å²) in [5.74, 6) is 0.518. The van der Waals surface area contributed by atoms with Crippen molar-refractivity contribution in [1.29, 1.82) is 0 Å². The number of benzene rings is 1. The molecule has 114 valence electrons. The summed E-state index contributed by atoms with van der Waals surface area (Å²) >= 11 is 6.61. The van der Waals surface area contributed by atoms with Crippen LogP contribution in [-0.2, 0) is 10.2 Å². The van der Waals surface area contributed by atoms with Crippen LogP contribution in [0.1, 0.15) is 6.42 Å². The van der Waals surface area contributed by atoms with E-state index in [2.05, 4.69) is 36.6 Å². The van der Waals surface area contributed by atoms with Crippen molar-refractivity contribution in [1.82, 2.24) is 4.31 Å². The molecular weight excluding hydrogens is 416 g/mol. The second-order valence-electron chi connectivity index (χ2n) is 3.97. The van der Waals surface area contributed by atoms with Gasteiger partial charge in [0.1, 0.15) is 5.75 Å². The van der Waals surface area contributed by atoms with Crippen molar-refractivity contribution in [2.24, 2.45) is 0 Å². The zero-order chi connectivity index (χ0) is 15.3. The molecule has 9 heteroatoms. The fourth-order valence-corrected chi connectivity index (χ4v) is 3.75. The Morgan fingerprint density at radius 1 is 1.35 bits per heavy atom. The van der Waals surface area contributed by atoms with Crippen LogP contribution in [0.2, 0.25) is 0 Å². The van der Waals surface area contributed by atoms with Gasteiger partial charge in [0, 0.05) is 30.7 Å². The molecule has 6 nitrogen and oxygen atoms in total. The van der Waals surface area contributed by atoms with E-state index >= 15 is 0 Å². The zero-order valence-corrected chi connectivity index (χ0v) is 15.0. The number of hydrogen-bond acceptors (Lipinski definition) is 4. The van der Waals surface area contributed by atoms with Crippen LogP contribution < -0.4 is 9.46 Å². The van der Waals surface area contributed by atoms with Gasteiger partial charge in [0.2, 0.25) is 0 Å². The minimum atomic E-state index is -3.67. The quantitative estimate of drug-likeness (QED) is 0.693. The van der Waals surface area contributed by atoms with Crippen LogP contribution in [-0.4, -0.2) is 45.1 Å². The molecule has 0 aliphatic carbocycles. The van der Waals surface area contributed by atoms with Crippen molar-refractivity contribution in [3.63, 3.8) is 0 Å². The molecule has 20 heavy (non-hydrogen) atoms. The van der Waals surface area contributed by atoms with Gasteiger partial charge in [-0.05, 0) is 44.3 Å². The molecule has 0 bridgehead atoms. The van der Waals surface area contributed by atoms with Gasteiger partial charge in [0.05, 0.1) is 17.3 Å². The maximum Gasteiger partial charge on any atom is 0.301 e. The van der Waals surface area contributed by atoms with E-state index in [0.717, 1.165) is 4.31 Å². The number of methoxy groups -OCH3 is 1. The molecule has 0 saturated carbocycles. The van der Waals surface area contributed by atoms with Crippen LogP contribution in [0.15, 0.2) is 21.1 Å². The SMILES string of the molecule is COc1cc(NS(=O)(=O)N(C)CCCO)c(Br)cc1Br. The van der Waals surface area contributed by atoms with E-state index in [0.29, 0.717) is 26.8 Å². The minimum absolute atomic E-state index is 0.0599. The van der Waals surface area contributed by atoms with Crippen molar-refractivity contribution in [3.05, 3.63) is 21.1 Å². The van der Waals surface area contributed by atoms with Crippen molar-refractivity contribution in [2.45, 2.75) is 6.42 Å². The predicted molar refractivity (Wildman–Crippen MR) is 85.3 cm³/mol. The lowest BCUT2D eigenvalue weighted by Gasteiger charge is -2.19. The Kier molecular flexibility index (Phi) is 6.73. The molecule has 0 spiro atoms. The van der Waals surface area contributed by atoms with Crippen LogP contribution in [0.3, 0.4) is 0 Å². The summed E-state index contributed by atoms with van der Waals surface area (Å²) in [6.07, 6.45) is 0.377. The van der Waals surface area contributed by atoms with E-state index in [-0.39, 0.29) is 13.2 Å². The smallest absolute Gasteiger partial charge is 0.301 e. The topological polar surface area (TPSA) is 78.9 Å². The highest BCUT2D eigenvalue weighted by Crippen LogP contribution is 2.35. The maximum atomic E-state index is 12.1. The van der Waals surface area contributed by atoms with E-state index in [4.69, 9.17) is 9.84 Å².